The molecule has 0 radical (unpaired) electrons. The van der Waals surface area contributed by atoms with Gasteiger partial charge in [-0.05, 0) is 6.92 Å². The second-order valence-corrected chi connectivity index (χ2v) is 10.4. The zero-order chi connectivity index (χ0) is 24.1. The predicted molar refractivity (Wildman–Crippen MR) is 117 cm³/mol. The van der Waals surface area contributed by atoms with Crippen LogP contribution in [0.15, 0.2) is 42.0 Å². The van der Waals surface area contributed by atoms with Crippen LogP contribution < -0.4 is 5.11 Å². The summed E-state index contributed by atoms with van der Waals surface area (Å²) in [6.45, 7) is 7.50. The van der Waals surface area contributed by atoms with Gasteiger partial charge in [-0.3, -0.25) is 9.36 Å². The average Bonchev–Trinajstić information content (AvgIpc) is 3.44. The number of carbonyl (C=O) groups is 3. The van der Waals surface area contributed by atoms with Gasteiger partial charge in [-0.15, -0.1) is 11.8 Å². The third-order valence-electron chi connectivity index (χ3n) is 6.92. The number of quaternary nitrogens is 1. The number of carboxylic acid groups (broad SMARTS) is 1. The van der Waals surface area contributed by atoms with E-state index in [1.807, 2.05) is 11.5 Å². The minimum Gasteiger partial charge on any atom is -0.543 e. The summed E-state index contributed by atoms with van der Waals surface area (Å²) in [5, 5.41) is 21.9. The largest absolute Gasteiger partial charge is 0.543 e. The lowest BCUT2D eigenvalue weighted by atomic mass is 9.79. The number of fused-ring (bicyclic) bond motifs is 1. The van der Waals surface area contributed by atoms with Crippen LogP contribution in [0.3, 0.4) is 0 Å². The smallest absolute Gasteiger partial charge is 0.517 e. The summed E-state index contributed by atoms with van der Waals surface area (Å²) in [4.78, 5) is 43.5. The van der Waals surface area contributed by atoms with Crippen LogP contribution in [0.25, 0.3) is 0 Å². The van der Waals surface area contributed by atoms with Crippen molar-refractivity contribution >= 4 is 29.7 Å². The Labute approximate surface area is 196 Å². The highest BCUT2D eigenvalue weighted by atomic mass is 32.2. The maximum Gasteiger partial charge on any atom is 0.517 e. The number of hydrogen-bond donors (Lipinski definition) is 1. The Hall–Kier alpha value is -2.63. The van der Waals surface area contributed by atoms with Crippen LogP contribution in [0.2, 0.25) is 0 Å². The summed E-state index contributed by atoms with van der Waals surface area (Å²) in [5.41, 5.74) is -0.117. The molecular formula is C22H28N4O6S. The van der Waals surface area contributed by atoms with E-state index in [1.54, 1.807) is 32.7 Å². The normalized spacial score (nSPS) is 34.1. The van der Waals surface area contributed by atoms with Crippen LogP contribution in [0, 0.1) is 11.8 Å². The van der Waals surface area contributed by atoms with Crippen LogP contribution in [0.5, 0.6) is 0 Å². The molecule has 7 atom stereocenters. The summed E-state index contributed by atoms with van der Waals surface area (Å²) in [6.07, 6.45) is 5.60. The lowest BCUT2D eigenvalue weighted by Crippen LogP contribution is -2.64. The number of hydrogen-bond acceptors (Lipinski definition) is 8. The van der Waals surface area contributed by atoms with E-state index in [9.17, 15) is 24.6 Å². The van der Waals surface area contributed by atoms with Gasteiger partial charge in [0.15, 0.2) is 6.17 Å². The van der Waals surface area contributed by atoms with E-state index in [1.165, 1.54) is 22.7 Å². The van der Waals surface area contributed by atoms with Crippen LogP contribution in [-0.2, 0) is 14.3 Å². The maximum absolute atomic E-state index is 13.0. The number of aliphatic hydroxyl groups excluding tert-OH is 1. The third-order valence-corrected chi connectivity index (χ3v) is 8.41. The number of amides is 2. The minimum atomic E-state index is -1.41. The summed E-state index contributed by atoms with van der Waals surface area (Å²) >= 11 is 1.37. The second kappa shape index (κ2) is 8.62. The maximum atomic E-state index is 13.0. The number of aliphatic hydroxyl groups is 1. The molecule has 10 nitrogen and oxygen atoms in total. The third kappa shape index (κ3) is 3.68. The molecular weight excluding hydrogens is 448 g/mol. The van der Waals surface area contributed by atoms with Gasteiger partial charge in [-0.1, -0.05) is 19.6 Å². The fourth-order valence-corrected chi connectivity index (χ4v) is 7.02. The van der Waals surface area contributed by atoms with Crippen molar-refractivity contribution in [3.8, 4) is 0 Å². The molecule has 4 heterocycles. The molecule has 0 bridgehead atoms. The minimum absolute atomic E-state index is 0.0352. The van der Waals surface area contributed by atoms with E-state index >= 15 is 0 Å². The molecule has 0 saturated carbocycles. The van der Waals surface area contributed by atoms with Gasteiger partial charge >= 0.3 is 6.09 Å². The van der Waals surface area contributed by atoms with Gasteiger partial charge in [0.2, 0.25) is 5.91 Å². The lowest BCUT2D eigenvalue weighted by Gasteiger charge is -2.47. The molecule has 3 aliphatic heterocycles. The number of nitrogens with zero attached hydrogens (tertiary/aromatic N) is 4. The van der Waals surface area contributed by atoms with Crippen LogP contribution in [0.1, 0.15) is 26.4 Å². The van der Waals surface area contributed by atoms with Crippen LogP contribution in [-0.4, -0.2) is 79.6 Å². The van der Waals surface area contributed by atoms with E-state index in [2.05, 4.69) is 11.6 Å². The number of aromatic nitrogens is 2. The number of imidazole rings is 1. The summed E-state index contributed by atoms with van der Waals surface area (Å²) in [6, 6.07) is -0.405. The number of likely N-dealkylation sites (tertiary alicyclic amines) is 1. The first-order valence-corrected chi connectivity index (χ1v) is 11.7. The molecule has 4 rings (SSSR count). The summed E-state index contributed by atoms with van der Waals surface area (Å²) in [5.74, 6) is -2.70. The highest BCUT2D eigenvalue weighted by Gasteiger charge is 2.60. The average molecular weight is 477 g/mol. The van der Waals surface area contributed by atoms with Crippen molar-refractivity contribution in [1.82, 2.24) is 14.5 Å². The van der Waals surface area contributed by atoms with Crippen molar-refractivity contribution in [3.05, 3.63) is 42.0 Å². The molecule has 1 aromatic rings. The molecule has 33 heavy (non-hydrogen) atoms. The molecule has 2 amide bonds. The zero-order valence-corrected chi connectivity index (χ0v) is 19.6. The highest BCUT2D eigenvalue weighted by Crippen LogP contribution is 2.53. The van der Waals surface area contributed by atoms with Gasteiger partial charge in [0.05, 0.1) is 48.4 Å². The zero-order valence-electron chi connectivity index (χ0n) is 18.8. The van der Waals surface area contributed by atoms with E-state index in [-0.39, 0.29) is 34.1 Å². The van der Waals surface area contributed by atoms with Crippen molar-refractivity contribution in [2.45, 2.75) is 43.8 Å². The number of β-lactam (4-membered cyclic amide) rings is 1. The monoisotopic (exact) mass is 476 g/mol. The predicted octanol–water partition coefficient (Wildman–Crippen LogP) is 0.475. The standard InChI is InChI=1S/C22H28N4O6S/c1-5-8-32-22(31)26(4)10-14(9-15(26)24-7-6-23-11-24)33-19-12(2)17-16(13(3)27)20(28)25(17)18(19)21(29)30/h5-7,11-17,27H,1,8-10H2,2-4H3/t12-,13-,14+,15+,16-,17-,26?/m1/s1. The molecule has 11 heteroatoms. The Bertz CT molecular complexity index is 1010. The molecule has 0 aliphatic carbocycles. The van der Waals surface area contributed by atoms with Gasteiger partial charge in [-0.2, -0.15) is 4.79 Å². The van der Waals surface area contributed by atoms with Crippen molar-refractivity contribution in [1.29, 1.82) is 0 Å². The van der Waals surface area contributed by atoms with E-state index in [0.717, 1.165) is 0 Å². The molecule has 2 fully saturated rings. The number of thioether (sulfide) groups is 1. The van der Waals surface area contributed by atoms with Crippen LogP contribution in [0.4, 0.5) is 4.79 Å². The molecule has 178 valence electrons. The quantitative estimate of drug-likeness (QED) is 0.342. The topological polar surface area (TPSA) is 125 Å². The second-order valence-electron chi connectivity index (χ2n) is 9.04. The first-order valence-electron chi connectivity index (χ1n) is 10.9. The lowest BCUT2D eigenvalue weighted by molar-refractivity contribution is -0.865. The fraction of sp³-hybridized carbons (Fsp3) is 0.545. The van der Waals surface area contributed by atoms with E-state index < -0.39 is 36.0 Å². The Morgan fingerprint density at radius 1 is 1.52 bits per heavy atom. The molecule has 1 unspecified atom stereocenters. The van der Waals surface area contributed by atoms with E-state index in [0.29, 0.717) is 17.9 Å². The van der Waals surface area contributed by atoms with Gasteiger partial charge in [0.1, 0.15) is 13.2 Å². The van der Waals surface area contributed by atoms with Gasteiger partial charge in [0, 0.05) is 29.6 Å². The molecule has 0 aromatic carbocycles. The molecule has 1 N–H and O–H groups in total. The van der Waals surface area contributed by atoms with E-state index in [4.69, 9.17) is 4.74 Å². The number of rotatable bonds is 7. The Morgan fingerprint density at radius 3 is 2.82 bits per heavy atom. The SMILES string of the molecule is C=CCOC(=O)[N+]1(C)C[C@@H](SC2=C(C(=O)[O-])N3C(=O)[C@H]([C@@H](C)O)[C@H]3[C@H]2C)C[C@H]1n1ccnc1. The number of carbonyl (C=O) groups excluding carboxylic acids is 3. The van der Waals surface area contributed by atoms with Crippen LogP contribution >= 0.6 is 11.8 Å². The molecule has 0 spiro atoms. The fourth-order valence-electron chi connectivity index (χ4n) is 5.36. The number of ether oxygens (including phenoxy) is 1. The van der Waals surface area contributed by atoms with Gasteiger partial charge in [0.25, 0.3) is 0 Å². The molecule has 1 aromatic heterocycles. The van der Waals surface area contributed by atoms with Crippen molar-refractivity contribution < 1.29 is 33.8 Å². The molecule has 3 aliphatic rings. The van der Waals surface area contributed by atoms with Crippen molar-refractivity contribution in [3.63, 3.8) is 0 Å². The first-order chi connectivity index (χ1) is 15.6. The highest BCUT2D eigenvalue weighted by molar-refractivity contribution is 8.03. The Morgan fingerprint density at radius 2 is 2.24 bits per heavy atom. The summed E-state index contributed by atoms with van der Waals surface area (Å²) < 4.78 is 7.21. The Kier molecular flexibility index (Phi) is 6.14. The first kappa shape index (κ1) is 23.5. The summed E-state index contributed by atoms with van der Waals surface area (Å²) in [7, 11) is 1.79. The number of aliphatic carboxylic acids is 1. The van der Waals surface area contributed by atoms with Crippen molar-refractivity contribution in [2.24, 2.45) is 11.8 Å². The molecule has 2 saturated heterocycles. The van der Waals surface area contributed by atoms with Gasteiger partial charge in [-0.25, -0.2) is 9.47 Å². The number of carboxylic acids is 1. The Balaban J connectivity index is 1.62. The van der Waals surface area contributed by atoms with Gasteiger partial charge < -0.3 is 24.6 Å². The van der Waals surface area contributed by atoms with Crippen molar-refractivity contribution in [2.75, 3.05) is 20.2 Å².